The molecule has 0 saturated carbocycles. The van der Waals surface area contributed by atoms with Crippen molar-refractivity contribution in [3.63, 3.8) is 0 Å². The highest BCUT2D eigenvalue weighted by atomic mass is 16.2. The summed E-state index contributed by atoms with van der Waals surface area (Å²) < 4.78 is 0. The van der Waals surface area contributed by atoms with Crippen LogP contribution in [-0.2, 0) is 11.2 Å². The summed E-state index contributed by atoms with van der Waals surface area (Å²) >= 11 is 0. The zero-order valence-electron chi connectivity index (χ0n) is 13.2. The molecule has 3 amide bonds. The zero-order valence-corrected chi connectivity index (χ0v) is 13.2. The van der Waals surface area contributed by atoms with Crippen LogP contribution in [0.25, 0.3) is 10.9 Å². The molecule has 0 fully saturated rings. The third kappa shape index (κ3) is 2.30. The number of aromatic amines is 1. The average Bonchev–Trinajstić information content (AvgIpc) is 3.13. The number of amides is 3. The van der Waals surface area contributed by atoms with E-state index in [2.05, 4.69) is 4.98 Å². The SMILES string of the molecule is NC(=O)C(Cc1c[nH]c2ccccc12)N1C(=O)c2ccccc2C1=O. The van der Waals surface area contributed by atoms with Crippen molar-refractivity contribution in [1.82, 2.24) is 9.88 Å². The molecule has 124 valence electrons. The van der Waals surface area contributed by atoms with Gasteiger partial charge in [0.15, 0.2) is 0 Å². The van der Waals surface area contributed by atoms with Gasteiger partial charge in [-0.05, 0) is 23.8 Å². The molecule has 2 aromatic carbocycles. The first-order valence-corrected chi connectivity index (χ1v) is 7.89. The fourth-order valence-electron chi connectivity index (χ4n) is 3.32. The van der Waals surface area contributed by atoms with Crippen LogP contribution in [0.3, 0.4) is 0 Å². The molecule has 3 aromatic rings. The first-order chi connectivity index (χ1) is 12.1. The molecule has 6 heteroatoms. The van der Waals surface area contributed by atoms with Gasteiger partial charge in [0.1, 0.15) is 6.04 Å². The van der Waals surface area contributed by atoms with E-state index in [1.165, 1.54) is 0 Å². The lowest BCUT2D eigenvalue weighted by molar-refractivity contribution is -0.121. The molecule has 0 aliphatic carbocycles. The molecule has 25 heavy (non-hydrogen) atoms. The van der Waals surface area contributed by atoms with Crippen molar-refractivity contribution in [2.75, 3.05) is 0 Å². The maximum absolute atomic E-state index is 12.6. The minimum absolute atomic E-state index is 0.171. The number of hydrogen-bond donors (Lipinski definition) is 2. The number of imide groups is 1. The standard InChI is InChI=1S/C19H15N3O3/c20-17(23)16(9-11-10-21-15-8-4-3-5-12(11)15)22-18(24)13-6-1-2-7-14(13)19(22)25/h1-8,10,16,21H,9H2,(H2,20,23). The highest BCUT2D eigenvalue weighted by Gasteiger charge is 2.42. The van der Waals surface area contributed by atoms with Crippen molar-refractivity contribution < 1.29 is 14.4 Å². The van der Waals surface area contributed by atoms with Crippen LogP contribution in [0.2, 0.25) is 0 Å². The molecular formula is C19H15N3O3. The topological polar surface area (TPSA) is 96.3 Å². The number of hydrogen-bond acceptors (Lipinski definition) is 3. The Bertz CT molecular complexity index is 986. The largest absolute Gasteiger partial charge is 0.368 e. The van der Waals surface area contributed by atoms with Crippen LogP contribution >= 0.6 is 0 Å². The number of nitrogens with two attached hydrogens (primary N) is 1. The summed E-state index contributed by atoms with van der Waals surface area (Å²) in [6.07, 6.45) is 1.95. The molecule has 1 atom stereocenters. The molecule has 6 nitrogen and oxygen atoms in total. The number of fused-ring (bicyclic) bond motifs is 2. The van der Waals surface area contributed by atoms with Crippen molar-refractivity contribution in [2.24, 2.45) is 5.73 Å². The number of para-hydroxylation sites is 1. The van der Waals surface area contributed by atoms with Gasteiger partial charge in [-0.15, -0.1) is 0 Å². The Morgan fingerprint density at radius 1 is 1.00 bits per heavy atom. The van der Waals surface area contributed by atoms with E-state index in [0.717, 1.165) is 21.4 Å². The van der Waals surface area contributed by atoms with Crippen LogP contribution in [0.1, 0.15) is 26.3 Å². The highest BCUT2D eigenvalue weighted by Crippen LogP contribution is 2.27. The predicted molar refractivity (Wildman–Crippen MR) is 91.9 cm³/mol. The molecule has 4 rings (SSSR count). The van der Waals surface area contributed by atoms with Crippen LogP contribution in [0, 0.1) is 0 Å². The van der Waals surface area contributed by atoms with Crippen LogP contribution in [0.5, 0.6) is 0 Å². The van der Waals surface area contributed by atoms with Crippen molar-refractivity contribution >= 4 is 28.6 Å². The Balaban J connectivity index is 1.73. The summed E-state index contributed by atoms with van der Waals surface area (Å²) in [6, 6.07) is 13.1. The van der Waals surface area contributed by atoms with Crippen molar-refractivity contribution in [3.8, 4) is 0 Å². The smallest absolute Gasteiger partial charge is 0.262 e. The van der Waals surface area contributed by atoms with Crippen LogP contribution in [0.4, 0.5) is 0 Å². The van der Waals surface area contributed by atoms with Crippen LogP contribution in [0.15, 0.2) is 54.7 Å². The van der Waals surface area contributed by atoms with E-state index in [-0.39, 0.29) is 6.42 Å². The molecule has 0 spiro atoms. The number of aromatic nitrogens is 1. The number of primary amides is 1. The zero-order chi connectivity index (χ0) is 17.6. The van der Waals surface area contributed by atoms with E-state index >= 15 is 0 Å². The van der Waals surface area contributed by atoms with E-state index in [1.807, 2.05) is 24.3 Å². The lowest BCUT2D eigenvalue weighted by Crippen LogP contribution is -2.49. The number of nitrogens with one attached hydrogen (secondary N) is 1. The normalized spacial score (nSPS) is 14.8. The number of carbonyl (C=O) groups is 3. The fraction of sp³-hybridized carbons (Fsp3) is 0.105. The van der Waals surface area contributed by atoms with Crippen LogP contribution in [-0.4, -0.2) is 33.6 Å². The number of nitrogens with zero attached hydrogens (tertiary/aromatic N) is 1. The monoisotopic (exact) mass is 333 g/mol. The number of benzene rings is 2. The Morgan fingerprint density at radius 2 is 1.60 bits per heavy atom. The second-order valence-corrected chi connectivity index (χ2v) is 6.01. The maximum Gasteiger partial charge on any atom is 0.262 e. The molecule has 3 N–H and O–H groups in total. The summed E-state index contributed by atoms with van der Waals surface area (Å²) in [5, 5.41) is 0.936. The summed E-state index contributed by atoms with van der Waals surface area (Å²) in [5.74, 6) is -1.67. The molecule has 1 unspecified atom stereocenters. The van der Waals surface area contributed by atoms with Gasteiger partial charge in [0.05, 0.1) is 11.1 Å². The van der Waals surface area contributed by atoms with Gasteiger partial charge in [-0.1, -0.05) is 30.3 Å². The second-order valence-electron chi connectivity index (χ2n) is 6.01. The number of H-pyrrole nitrogens is 1. The second kappa shape index (κ2) is 5.59. The third-order valence-corrected chi connectivity index (χ3v) is 4.55. The van der Waals surface area contributed by atoms with Crippen LogP contribution < -0.4 is 5.73 Å². The highest BCUT2D eigenvalue weighted by molar-refractivity contribution is 6.22. The molecule has 2 heterocycles. The Kier molecular flexibility index (Phi) is 3.39. The number of rotatable bonds is 4. The molecule has 1 aliphatic rings. The predicted octanol–water partition coefficient (Wildman–Crippen LogP) is 1.86. The van der Waals surface area contributed by atoms with Gasteiger partial charge >= 0.3 is 0 Å². The Hall–Kier alpha value is -3.41. The van der Waals surface area contributed by atoms with Gasteiger partial charge in [0.25, 0.3) is 11.8 Å². The van der Waals surface area contributed by atoms with Gasteiger partial charge in [-0.3, -0.25) is 19.3 Å². The molecule has 0 saturated heterocycles. The molecule has 0 bridgehead atoms. The molecular weight excluding hydrogens is 318 g/mol. The van der Waals surface area contributed by atoms with Gasteiger partial charge < -0.3 is 10.7 Å². The number of carbonyl (C=O) groups excluding carboxylic acids is 3. The summed E-state index contributed by atoms with van der Waals surface area (Å²) in [6.45, 7) is 0. The minimum atomic E-state index is -1.04. The first kappa shape index (κ1) is 15.1. The quantitative estimate of drug-likeness (QED) is 0.713. The Morgan fingerprint density at radius 3 is 2.24 bits per heavy atom. The summed E-state index contributed by atoms with van der Waals surface area (Å²) in [5.41, 5.74) is 7.90. The van der Waals surface area contributed by atoms with Gasteiger partial charge in [0, 0.05) is 23.5 Å². The van der Waals surface area contributed by atoms with Gasteiger partial charge in [0.2, 0.25) is 5.91 Å². The minimum Gasteiger partial charge on any atom is -0.368 e. The van der Waals surface area contributed by atoms with Gasteiger partial charge in [-0.25, -0.2) is 0 Å². The lowest BCUT2D eigenvalue weighted by atomic mass is 10.0. The summed E-state index contributed by atoms with van der Waals surface area (Å²) in [7, 11) is 0. The van der Waals surface area contributed by atoms with E-state index < -0.39 is 23.8 Å². The first-order valence-electron chi connectivity index (χ1n) is 7.89. The van der Waals surface area contributed by atoms with Crippen molar-refractivity contribution in [1.29, 1.82) is 0 Å². The van der Waals surface area contributed by atoms with Crippen molar-refractivity contribution in [3.05, 3.63) is 71.4 Å². The van der Waals surface area contributed by atoms with E-state index in [0.29, 0.717) is 11.1 Å². The fourth-order valence-corrected chi connectivity index (χ4v) is 3.32. The van der Waals surface area contributed by atoms with Crippen molar-refractivity contribution in [2.45, 2.75) is 12.5 Å². The maximum atomic E-state index is 12.6. The molecule has 1 aliphatic heterocycles. The lowest BCUT2D eigenvalue weighted by Gasteiger charge is -2.23. The van der Waals surface area contributed by atoms with Gasteiger partial charge in [-0.2, -0.15) is 0 Å². The van der Waals surface area contributed by atoms with E-state index in [9.17, 15) is 14.4 Å². The third-order valence-electron chi connectivity index (χ3n) is 4.55. The Labute approximate surface area is 143 Å². The van der Waals surface area contributed by atoms with E-state index in [1.54, 1.807) is 30.5 Å². The average molecular weight is 333 g/mol. The molecule has 0 radical (unpaired) electrons. The van der Waals surface area contributed by atoms with E-state index in [4.69, 9.17) is 5.73 Å². The summed E-state index contributed by atoms with van der Waals surface area (Å²) in [4.78, 5) is 41.4. The molecule has 1 aromatic heterocycles.